The van der Waals surface area contributed by atoms with Gasteiger partial charge in [-0.25, -0.2) is 4.79 Å². The van der Waals surface area contributed by atoms with E-state index in [1.165, 1.54) is 12.0 Å². The number of carbonyl (C=O) groups excluding carboxylic acids is 1. The molecule has 0 aliphatic heterocycles. The molecule has 0 amide bonds. The molecule has 1 aromatic rings. The first-order valence-corrected chi connectivity index (χ1v) is 5.54. The maximum absolute atomic E-state index is 11.4. The molecule has 15 heavy (non-hydrogen) atoms. The van der Waals surface area contributed by atoms with Gasteiger partial charge in [0.2, 0.25) is 0 Å². The molecule has 0 heterocycles. The summed E-state index contributed by atoms with van der Waals surface area (Å²) in [5, 5.41) is 0. The predicted octanol–water partition coefficient (Wildman–Crippen LogP) is 3.21. The summed E-state index contributed by atoms with van der Waals surface area (Å²) in [6, 6.07) is 7.69. The van der Waals surface area contributed by atoms with Crippen LogP contribution in [0, 0.1) is 0 Å². The van der Waals surface area contributed by atoms with Crippen LogP contribution < -0.4 is 0 Å². The van der Waals surface area contributed by atoms with Crippen molar-refractivity contribution in [1.29, 1.82) is 0 Å². The molecule has 0 unspecified atom stereocenters. The van der Waals surface area contributed by atoms with E-state index in [-0.39, 0.29) is 5.97 Å². The third-order valence-electron chi connectivity index (χ3n) is 2.26. The number of hydrogen-bond donors (Lipinski definition) is 0. The second-order valence-electron chi connectivity index (χ2n) is 3.52. The number of rotatable bonds is 5. The van der Waals surface area contributed by atoms with Crippen LogP contribution in [0.5, 0.6) is 0 Å². The quantitative estimate of drug-likeness (QED) is 0.691. The Balaban J connectivity index is 2.69. The molecule has 0 aliphatic rings. The Morgan fingerprint density at radius 2 is 2.13 bits per heavy atom. The molecule has 0 saturated carbocycles. The van der Waals surface area contributed by atoms with Gasteiger partial charge >= 0.3 is 5.97 Å². The molecule has 0 aliphatic carbocycles. The lowest BCUT2D eigenvalue weighted by Crippen LogP contribution is -2.04. The minimum absolute atomic E-state index is 0.226. The van der Waals surface area contributed by atoms with Crippen LogP contribution in [0.3, 0.4) is 0 Å². The molecular weight excluding hydrogens is 188 g/mol. The summed E-state index contributed by atoms with van der Waals surface area (Å²) in [6.45, 7) is 4.41. The molecule has 0 bridgehead atoms. The monoisotopic (exact) mass is 206 g/mol. The highest BCUT2D eigenvalue weighted by atomic mass is 16.5. The van der Waals surface area contributed by atoms with Crippen LogP contribution in [-0.4, -0.2) is 12.6 Å². The molecule has 82 valence electrons. The molecule has 2 nitrogen and oxygen atoms in total. The van der Waals surface area contributed by atoms with E-state index in [4.69, 9.17) is 4.74 Å². The fourth-order valence-electron chi connectivity index (χ4n) is 1.45. The number of ether oxygens (including phenoxy) is 1. The average Bonchev–Trinajstić information content (AvgIpc) is 2.27. The van der Waals surface area contributed by atoms with Gasteiger partial charge in [0.1, 0.15) is 0 Å². The highest BCUT2D eigenvalue weighted by molar-refractivity contribution is 5.89. The molecular formula is C13H18O2. The van der Waals surface area contributed by atoms with Crippen molar-refractivity contribution in [2.24, 2.45) is 0 Å². The third kappa shape index (κ3) is 3.74. The molecule has 0 radical (unpaired) electrons. The van der Waals surface area contributed by atoms with Gasteiger partial charge in [0.25, 0.3) is 0 Å². The summed E-state index contributed by atoms with van der Waals surface area (Å²) >= 11 is 0. The van der Waals surface area contributed by atoms with Crippen LogP contribution in [0.4, 0.5) is 0 Å². The Morgan fingerprint density at radius 1 is 1.33 bits per heavy atom. The second kappa shape index (κ2) is 6.23. The Hall–Kier alpha value is -1.31. The van der Waals surface area contributed by atoms with Gasteiger partial charge in [-0.05, 0) is 37.5 Å². The van der Waals surface area contributed by atoms with E-state index in [2.05, 4.69) is 13.0 Å². The minimum atomic E-state index is -0.226. The second-order valence-corrected chi connectivity index (χ2v) is 3.52. The van der Waals surface area contributed by atoms with Crippen LogP contribution in [0.25, 0.3) is 0 Å². The van der Waals surface area contributed by atoms with Gasteiger partial charge in [0.05, 0.1) is 12.2 Å². The largest absolute Gasteiger partial charge is 0.462 e. The molecule has 0 atom stereocenters. The molecule has 0 N–H and O–H groups in total. The zero-order valence-electron chi connectivity index (χ0n) is 9.45. The number of aryl methyl sites for hydroxylation is 1. The molecule has 0 saturated heterocycles. The highest BCUT2D eigenvalue weighted by Crippen LogP contribution is 2.09. The molecule has 0 fully saturated rings. The molecule has 2 heteroatoms. The van der Waals surface area contributed by atoms with Crippen LogP contribution in [0.1, 0.15) is 42.6 Å². The number of hydrogen-bond acceptors (Lipinski definition) is 2. The summed E-state index contributed by atoms with van der Waals surface area (Å²) in [6.07, 6.45) is 3.36. The van der Waals surface area contributed by atoms with E-state index in [1.807, 2.05) is 19.1 Å². The lowest BCUT2D eigenvalue weighted by molar-refractivity contribution is 0.0526. The molecule has 0 aromatic heterocycles. The third-order valence-corrected chi connectivity index (χ3v) is 2.26. The molecule has 0 spiro atoms. The molecule has 1 rings (SSSR count). The topological polar surface area (TPSA) is 26.3 Å². The van der Waals surface area contributed by atoms with Crippen molar-refractivity contribution >= 4 is 5.97 Å². The normalized spacial score (nSPS) is 10.0. The maximum atomic E-state index is 11.4. The summed E-state index contributed by atoms with van der Waals surface area (Å²) in [5.74, 6) is -0.226. The van der Waals surface area contributed by atoms with Crippen LogP contribution in [0.2, 0.25) is 0 Å². The Labute approximate surface area is 91.3 Å². The number of benzene rings is 1. The van der Waals surface area contributed by atoms with Crippen molar-refractivity contribution in [3.8, 4) is 0 Å². The summed E-state index contributed by atoms with van der Waals surface area (Å²) in [4.78, 5) is 11.4. The van der Waals surface area contributed by atoms with Crippen LogP contribution in [0.15, 0.2) is 24.3 Å². The van der Waals surface area contributed by atoms with Crippen molar-refractivity contribution in [3.05, 3.63) is 35.4 Å². The van der Waals surface area contributed by atoms with Gasteiger partial charge in [-0.3, -0.25) is 0 Å². The van der Waals surface area contributed by atoms with Gasteiger partial charge in [-0.15, -0.1) is 0 Å². The standard InChI is InChI=1S/C13H18O2/c1-3-5-7-11-8-6-9-12(10-11)13(14)15-4-2/h6,8-10H,3-5,7H2,1-2H3. The molecule has 1 aromatic carbocycles. The zero-order chi connectivity index (χ0) is 11.1. The average molecular weight is 206 g/mol. The van der Waals surface area contributed by atoms with E-state index in [0.29, 0.717) is 12.2 Å². The first-order valence-electron chi connectivity index (χ1n) is 5.54. The lowest BCUT2D eigenvalue weighted by atomic mass is 10.1. The highest BCUT2D eigenvalue weighted by Gasteiger charge is 2.05. The van der Waals surface area contributed by atoms with E-state index in [1.54, 1.807) is 6.07 Å². The van der Waals surface area contributed by atoms with Crippen LogP contribution in [-0.2, 0) is 11.2 Å². The van der Waals surface area contributed by atoms with Crippen molar-refractivity contribution in [2.45, 2.75) is 33.1 Å². The van der Waals surface area contributed by atoms with Gasteiger partial charge in [0, 0.05) is 0 Å². The van der Waals surface area contributed by atoms with E-state index in [0.717, 1.165) is 12.8 Å². The van der Waals surface area contributed by atoms with Gasteiger partial charge in [-0.2, -0.15) is 0 Å². The minimum Gasteiger partial charge on any atom is -0.462 e. The first kappa shape index (κ1) is 11.8. The summed E-state index contributed by atoms with van der Waals surface area (Å²) in [7, 11) is 0. The van der Waals surface area contributed by atoms with Crippen molar-refractivity contribution in [3.63, 3.8) is 0 Å². The number of unbranched alkanes of at least 4 members (excludes halogenated alkanes) is 1. The van der Waals surface area contributed by atoms with Gasteiger partial charge in [0.15, 0.2) is 0 Å². The maximum Gasteiger partial charge on any atom is 0.338 e. The van der Waals surface area contributed by atoms with Crippen molar-refractivity contribution < 1.29 is 9.53 Å². The van der Waals surface area contributed by atoms with E-state index < -0.39 is 0 Å². The smallest absolute Gasteiger partial charge is 0.338 e. The number of carbonyl (C=O) groups is 1. The fourth-order valence-corrected chi connectivity index (χ4v) is 1.45. The zero-order valence-corrected chi connectivity index (χ0v) is 9.45. The van der Waals surface area contributed by atoms with Gasteiger partial charge in [-0.1, -0.05) is 25.5 Å². The van der Waals surface area contributed by atoms with Crippen molar-refractivity contribution in [1.82, 2.24) is 0 Å². The Kier molecular flexibility index (Phi) is 4.88. The summed E-state index contributed by atoms with van der Waals surface area (Å²) in [5.41, 5.74) is 1.87. The Morgan fingerprint density at radius 3 is 2.80 bits per heavy atom. The Bertz CT molecular complexity index is 318. The van der Waals surface area contributed by atoms with Crippen molar-refractivity contribution in [2.75, 3.05) is 6.61 Å². The lowest BCUT2D eigenvalue weighted by Gasteiger charge is -2.04. The first-order chi connectivity index (χ1) is 7.27. The van der Waals surface area contributed by atoms with Crippen LogP contribution >= 0.6 is 0 Å². The summed E-state index contributed by atoms with van der Waals surface area (Å²) < 4.78 is 4.95. The SMILES string of the molecule is CCCCc1cccc(C(=O)OCC)c1. The van der Waals surface area contributed by atoms with Gasteiger partial charge < -0.3 is 4.74 Å². The number of esters is 1. The van der Waals surface area contributed by atoms with E-state index in [9.17, 15) is 4.79 Å². The fraction of sp³-hybridized carbons (Fsp3) is 0.462. The predicted molar refractivity (Wildman–Crippen MR) is 61.0 cm³/mol. The van der Waals surface area contributed by atoms with E-state index >= 15 is 0 Å².